The van der Waals surface area contributed by atoms with Crippen LogP contribution in [0.1, 0.15) is 26.2 Å². The summed E-state index contributed by atoms with van der Waals surface area (Å²) in [5.41, 5.74) is 0. The van der Waals surface area contributed by atoms with Crippen LogP contribution < -0.4 is 0 Å². The fourth-order valence-electron chi connectivity index (χ4n) is 1.39. The summed E-state index contributed by atoms with van der Waals surface area (Å²) in [5, 5.41) is 0. The summed E-state index contributed by atoms with van der Waals surface area (Å²) >= 11 is 0. The third-order valence-electron chi connectivity index (χ3n) is 2.21. The predicted molar refractivity (Wildman–Crippen MR) is 46.1 cm³/mol. The molecule has 0 N–H and O–H groups in total. The van der Waals surface area contributed by atoms with E-state index in [0.29, 0.717) is 0 Å². The number of hydrogen-bond donors (Lipinski definition) is 0. The Hall–Kier alpha value is -1.00. The van der Waals surface area contributed by atoms with Crippen LogP contribution in [-0.2, 0) is 9.59 Å². The van der Waals surface area contributed by atoms with Crippen molar-refractivity contribution >= 4 is 11.7 Å². The van der Waals surface area contributed by atoms with Crippen LogP contribution in [0.25, 0.3) is 0 Å². The van der Waals surface area contributed by atoms with Crippen LogP contribution in [-0.4, -0.2) is 35.6 Å². The number of carbonyl (C=O) groups is 2. The van der Waals surface area contributed by atoms with E-state index in [1.807, 2.05) is 0 Å². The number of hydrogen-bond acceptors (Lipinski definition) is 2. The van der Waals surface area contributed by atoms with E-state index in [0.717, 1.165) is 4.90 Å². The summed E-state index contributed by atoms with van der Waals surface area (Å²) in [6.07, 6.45) is -0.0782. The summed E-state index contributed by atoms with van der Waals surface area (Å²) in [6.45, 7) is 0.985. The molecule has 0 aromatic rings. The van der Waals surface area contributed by atoms with Gasteiger partial charge in [-0.05, 0) is 6.92 Å². The zero-order chi connectivity index (χ0) is 10.8. The lowest BCUT2D eigenvalue weighted by atomic mass is 10.2. The summed E-state index contributed by atoms with van der Waals surface area (Å²) < 4.78 is 25.4. The molecule has 0 radical (unpaired) electrons. The van der Waals surface area contributed by atoms with Crippen LogP contribution >= 0.6 is 0 Å². The molecule has 1 rings (SSSR count). The number of Topliss-reactive ketones (excluding diaryl/α,β-unsaturated/α-hetero) is 1. The Morgan fingerprint density at radius 1 is 1.36 bits per heavy atom. The molecular weight excluding hydrogens is 192 g/mol. The second-order valence-electron chi connectivity index (χ2n) is 3.62. The topological polar surface area (TPSA) is 37.4 Å². The highest BCUT2D eigenvalue weighted by Gasteiger charge is 2.39. The highest BCUT2D eigenvalue weighted by molar-refractivity contribution is 5.83. The van der Waals surface area contributed by atoms with Crippen LogP contribution in [0.15, 0.2) is 0 Å². The smallest absolute Gasteiger partial charge is 0.267 e. The van der Waals surface area contributed by atoms with Gasteiger partial charge in [0.15, 0.2) is 0 Å². The molecule has 0 bridgehead atoms. The number of amides is 1. The molecule has 1 fully saturated rings. The molecule has 0 spiro atoms. The van der Waals surface area contributed by atoms with Crippen LogP contribution in [0.4, 0.5) is 8.78 Å². The first kappa shape index (κ1) is 11.1. The first-order valence-corrected chi connectivity index (χ1v) is 4.56. The third-order valence-corrected chi connectivity index (χ3v) is 2.21. The SMILES string of the molecule is CC(=O)CCC(=O)N1CCC(F)(F)C1. The molecule has 1 aliphatic rings. The van der Waals surface area contributed by atoms with Crippen molar-refractivity contribution in [2.24, 2.45) is 0 Å². The predicted octanol–water partition coefficient (Wildman–Crippen LogP) is 1.22. The van der Waals surface area contributed by atoms with Crippen molar-refractivity contribution in [1.29, 1.82) is 0 Å². The lowest BCUT2D eigenvalue weighted by molar-refractivity contribution is -0.133. The Balaban J connectivity index is 2.36. The third kappa shape index (κ3) is 3.05. The van der Waals surface area contributed by atoms with Gasteiger partial charge in [-0.2, -0.15) is 0 Å². The average molecular weight is 205 g/mol. The Morgan fingerprint density at radius 3 is 2.43 bits per heavy atom. The lowest BCUT2D eigenvalue weighted by Gasteiger charge is -2.15. The van der Waals surface area contributed by atoms with E-state index < -0.39 is 12.5 Å². The molecule has 0 aliphatic carbocycles. The van der Waals surface area contributed by atoms with E-state index in [-0.39, 0.29) is 37.5 Å². The van der Waals surface area contributed by atoms with Gasteiger partial charge in [0.25, 0.3) is 5.92 Å². The molecule has 0 atom stereocenters. The van der Waals surface area contributed by atoms with Gasteiger partial charge in [-0.15, -0.1) is 0 Å². The van der Waals surface area contributed by atoms with E-state index in [1.54, 1.807) is 0 Å². The van der Waals surface area contributed by atoms with Crippen molar-refractivity contribution in [2.75, 3.05) is 13.1 Å². The van der Waals surface area contributed by atoms with E-state index in [9.17, 15) is 18.4 Å². The highest BCUT2D eigenvalue weighted by Crippen LogP contribution is 2.27. The van der Waals surface area contributed by atoms with Gasteiger partial charge in [-0.25, -0.2) is 8.78 Å². The van der Waals surface area contributed by atoms with E-state index in [4.69, 9.17) is 0 Å². The lowest BCUT2D eigenvalue weighted by Crippen LogP contribution is -2.31. The van der Waals surface area contributed by atoms with Gasteiger partial charge in [0, 0.05) is 25.8 Å². The first-order valence-electron chi connectivity index (χ1n) is 4.56. The molecule has 0 aromatic heterocycles. The molecule has 0 saturated carbocycles. The summed E-state index contributed by atoms with van der Waals surface area (Å²) in [5.74, 6) is -3.19. The number of rotatable bonds is 3. The van der Waals surface area contributed by atoms with Gasteiger partial charge in [0.1, 0.15) is 5.78 Å². The van der Waals surface area contributed by atoms with Gasteiger partial charge in [0.2, 0.25) is 5.91 Å². The number of ketones is 1. The fraction of sp³-hybridized carbons (Fsp3) is 0.778. The minimum Gasteiger partial charge on any atom is -0.336 e. The average Bonchev–Trinajstić information content (AvgIpc) is 2.41. The van der Waals surface area contributed by atoms with Crippen molar-refractivity contribution in [3.63, 3.8) is 0 Å². The first-order chi connectivity index (χ1) is 6.41. The molecule has 1 heterocycles. The minimum absolute atomic E-state index is 0.0470. The summed E-state index contributed by atoms with van der Waals surface area (Å²) in [4.78, 5) is 23.0. The molecule has 1 aliphatic heterocycles. The Bertz CT molecular complexity index is 253. The maximum absolute atomic E-state index is 12.7. The Morgan fingerprint density at radius 2 is 2.00 bits per heavy atom. The monoisotopic (exact) mass is 205 g/mol. The largest absolute Gasteiger partial charge is 0.336 e. The number of alkyl halides is 2. The minimum atomic E-state index is -2.74. The van der Waals surface area contributed by atoms with Crippen LogP contribution in [0, 0.1) is 0 Å². The van der Waals surface area contributed by atoms with Crippen molar-refractivity contribution in [1.82, 2.24) is 4.90 Å². The second-order valence-corrected chi connectivity index (χ2v) is 3.62. The summed E-state index contributed by atoms with van der Waals surface area (Å²) in [7, 11) is 0. The van der Waals surface area contributed by atoms with E-state index >= 15 is 0 Å². The molecule has 3 nitrogen and oxygen atoms in total. The van der Waals surface area contributed by atoms with Crippen molar-refractivity contribution in [2.45, 2.75) is 32.1 Å². The Labute approximate surface area is 81.1 Å². The van der Waals surface area contributed by atoms with Crippen LogP contribution in [0.3, 0.4) is 0 Å². The Kier molecular flexibility index (Phi) is 3.18. The van der Waals surface area contributed by atoms with Gasteiger partial charge in [-0.1, -0.05) is 0 Å². The maximum Gasteiger partial charge on any atom is 0.267 e. The van der Waals surface area contributed by atoms with Gasteiger partial charge in [0.05, 0.1) is 6.54 Å². The molecule has 0 aromatic carbocycles. The van der Waals surface area contributed by atoms with Crippen molar-refractivity contribution in [3.05, 3.63) is 0 Å². The molecule has 14 heavy (non-hydrogen) atoms. The quantitative estimate of drug-likeness (QED) is 0.694. The number of likely N-dealkylation sites (tertiary alicyclic amines) is 1. The number of carbonyl (C=O) groups excluding carboxylic acids is 2. The normalized spacial score (nSPS) is 19.8. The van der Waals surface area contributed by atoms with Crippen LogP contribution in [0.5, 0.6) is 0 Å². The number of halogens is 2. The zero-order valence-corrected chi connectivity index (χ0v) is 8.06. The number of nitrogens with zero attached hydrogens (tertiary/aromatic N) is 1. The molecule has 5 heteroatoms. The van der Waals surface area contributed by atoms with Crippen molar-refractivity contribution in [3.8, 4) is 0 Å². The fourth-order valence-corrected chi connectivity index (χ4v) is 1.39. The molecule has 80 valence electrons. The maximum atomic E-state index is 12.7. The van der Waals surface area contributed by atoms with Gasteiger partial charge < -0.3 is 9.69 Å². The highest BCUT2D eigenvalue weighted by atomic mass is 19.3. The standard InChI is InChI=1S/C9H13F2NO2/c1-7(13)2-3-8(14)12-5-4-9(10,11)6-12/h2-6H2,1H3. The molecule has 1 saturated heterocycles. The van der Waals surface area contributed by atoms with E-state index in [1.165, 1.54) is 6.92 Å². The van der Waals surface area contributed by atoms with Gasteiger partial charge >= 0.3 is 0 Å². The van der Waals surface area contributed by atoms with Crippen molar-refractivity contribution < 1.29 is 18.4 Å². The zero-order valence-electron chi connectivity index (χ0n) is 8.06. The summed E-state index contributed by atoms with van der Waals surface area (Å²) in [6, 6.07) is 0. The van der Waals surface area contributed by atoms with Crippen LogP contribution in [0.2, 0.25) is 0 Å². The van der Waals surface area contributed by atoms with E-state index in [2.05, 4.69) is 0 Å². The molecular formula is C9H13F2NO2. The van der Waals surface area contributed by atoms with Gasteiger partial charge in [-0.3, -0.25) is 4.79 Å². The molecule has 0 unspecified atom stereocenters. The molecule has 1 amide bonds. The second kappa shape index (κ2) is 4.02.